The Bertz CT molecular complexity index is 754. The van der Waals surface area contributed by atoms with E-state index >= 15 is 0 Å². The summed E-state index contributed by atoms with van der Waals surface area (Å²) in [5.41, 5.74) is 2.10. The molecule has 1 unspecified atom stereocenters. The number of H-pyrrole nitrogens is 1. The van der Waals surface area contributed by atoms with Gasteiger partial charge in [-0.15, -0.1) is 0 Å². The van der Waals surface area contributed by atoms with Crippen molar-refractivity contribution < 1.29 is 4.39 Å². The van der Waals surface area contributed by atoms with E-state index in [1.54, 1.807) is 12.1 Å². The zero-order valence-corrected chi connectivity index (χ0v) is 16.5. The molecule has 0 bridgehead atoms. The molecule has 1 saturated heterocycles. The number of aliphatic imine (C=N–C) groups is 1. The Hall–Kier alpha value is -2.08. The van der Waals surface area contributed by atoms with Gasteiger partial charge in [0.25, 0.3) is 0 Å². The van der Waals surface area contributed by atoms with Crippen molar-refractivity contribution in [1.29, 1.82) is 0 Å². The number of fused-ring (bicyclic) bond motifs is 1. The second-order valence-corrected chi connectivity index (χ2v) is 7.36. The average molecular weight is 374 g/mol. The fourth-order valence-electron chi connectivity index (χ4n) is 3.82. The third-order valence-electron chi connectivity index (χ3n) is 5.18. The SMILES string of the molecule is CCCN1CCC(CN=C(NCC)NCCc2c[nH]c3ccc(F)cc23)C1. The van der Waals surface area contributed by atoms with Crippen molar-refractivity contribution in [3.63, 3.8) is 0 Å². The van der Waals surface area contributed by atoms with Crippen LogP contribution in [0.2, 0.25) is 0 Å². The molecule has 5 nitrogen and oxygen atoms in total. The zero-order valence-electron chi connectivity index (χ0n) is 16.5. The number of nitrogens with one attached hydrogen (secondary N) is 3. The highest BCUT2D eigenvalue weighted by molar-refractivity contribution is 5.83. The summed E-state index contributed by atoms with van der Waals surface area (Å²) in [5, 5.41) is 7.70. The summed E-state index contributed by atoms with van der Waals surface area (Å²) in [6, 6.07) is 4.88. The number of guanidine groups is 1. The van der Waals surface area contributed by atoms with E-state index in [1.165, 1.54) is 32.0 Å². The molecular weight excluding hydrogens is 341 g/mol. The van der Waals surface area contributed by atoms with Crippen LogP contribution in [0, 0.1) is 11.7 Å². The van der Waals surface area contributed by atoms with E-state index < -0.39 is 0 Å². The maximum absolute atomic E-state index is 13.5. The number of aromatic nitrogens is 1. The largest absolute Gasteiger partial charge is 0.361 e. The van der Waals surface area contributed by atoms with Gasteiger partial charge in [-0.25, -0.2) is 4.39 Å². The van der Waals surface area contributed by atoms with Gasteiger partial charge in [0.2, 0.25) is 0 Å². The summed E-state index contributed by atoms with van der Waals surface area (Å²) in [6.07, 6.45) is 5.25. The van der Waals surface area contributed by atoms with E-state index in [-0.39, 0.29) is 5.82 Å². The Morgan fingerprint density at radius 3 is 3.04 bits per heavy atom. The Balaban J connectivity index is 1.51. The Morgan fingerprint density at radius 1 is 1.33 bits per heavy atom. The number of rotatable bonds is 8. The molecule has 3 rings (SSSR count). The molecule has 1 aliphatic rings. The maximum Gasteiger partial charge on any atom is 0.191 e. The van der Waals surface area contributed by atoms with Gasteiger partial charge in [-0.2, -0.15) is 0 Å². The monoisotopic (exact) mass is 373 g/mol. The Labute approximate surface area is 161 Å². The molecule has 1 fully saturated rings. The first-order valence-corrected chi connectivity index (χ1v) is 10.2. The highest BCUT2D eigenvalue weighted by Gasteiger charge is 2.21. The molecule has 0 aliphatic carbocycles. The third-order valence-corrected chi connectivity index (χ3v) is 5.18. The van der Waals surface area contributed by atoms with Crippen LogP contribution in [0.5, 0.6) is 0 Å². The Kier molecular flexibility index (Phi) is 7.10. The van der Waals surface area contributed by atoms with E-state index in [2.05, 4.69) is 34.4 Å². The average Bonchev–Trinajstić information content (AvgIpc) is 3.27. The highest BCUT2D eigenvalue weighted by Crippen LogP contribution is 2.19. The van der Waals surface area contributed by atoms with Crippen LogP contribution < -0.4 is 10.6 Å². The van der Waals surface area contributed by atoms with Crippen LogP contribution in [0.25, 0.3) is 10.9 Å². The van der Waals surface area contributed by atoms with Crippen LogP contribution in [0.15, 0.2) is 29.4 Å². The summed E-state index contributed by atoms with van der Waals surface area (Å²) >= 11 is 0. The lowest BCUT2D eigenvalue weighted by Gasteiger charge is -2.15. The first kappa shape index (κ1) is 19.7. The van der Waals surface area contributed by atoms with Crippen LogP contribution in [0.4, 0.5) is 4.39 Å². The van der Waals surface area contributed by atoms with Crippen molar-refractivity contribution in [2.75, 3.05) is 39.3 Å². The van der Waals surface area contributed by atoms with Crippen LogP contribution in [-0.2, 0) is 6.42 Å². The van der Waals surface area contributed by atoms with Gasteiger partial charge in [0.1, 0.15) is 5.82 Å². The molecule has 2 aromatic rings. The summed E-state index contributed by atoms with van der Waals surface area (Å²) in [6.45, 7) is 10.4. The van der Waals surface area contributed by atoms with Gasteiger partial charge in [-0.3, -0.25) is 4.99 Å². The van der Waals surface area contributed by atoms with Crippen LogP contribution in [-0.4, -0.2) is 55.1 Å². The fourth-order valence-corrected chi connectivity index (χ4v) is 3.82. The number of benzene rings is 1. The van der Waals surface area contributed by atoms with Gasteiger partial charge in [-0.05, 0) is 69.0 Å². The maximum atomic E-state index is 13.5. The minimum Gasteiger partial charge on any atom is -0.361 e. The first-order chi connectivity index (χ1) is 13.2. The van der Waals surface area contributed by atoms with Crippen molar-refractivity contribution in [2.45, 2.75) is 33.1 Å². The highest BCUT2D eigenvalue weighted by atomic mass is 19.1. The lowest BCUT2D eigenvalue weighted by Crippen LogP contribution is -2.38. The van der Waals surface area contributed by atoms with E-state index in [9.17, 15) is 4.39 Å². The number of hydrogen-bond donors (Lipinski definition) is 3. The molecule has 148 valence electrons. The molecule has 0 saturated carbocycles. The molecular formula is C21H32FN5. The van der Waals surface area contributed by atoms with E-state index in [1.807, 2.05) is 6.20 Å². The standard InChI is InChI=1S/C21H32FN5/c1-3-10-27-11-8-16(15-27)13-26-21(23-4-2)24-9-7-17-14-25-20-6-5-18(22)12-19(17)20/h5-6,12,14,16,25H,3-4,7-11,13,15H2,1-2H3,(H2,23,24,26). The molecule has 0 radical (unpaired) electrons. The first-order valence-electron chi connectivity index (χ1n) is 10.2. The van der Waals surface area contributed by atoms with Gasteiger partial charge in [0.05, 0.1) is 0 Å². The lowest BCUT2D eigenvalue weighted by atomic mass is 10.1. The molecule has 1 atom stereocenters. The van der Waals surface area contributed by atoms with Crippen LogP contribution in [0.3, 0.4) is 0 Å². The molecule has 6 heteroatoms. The van der Waals surface area contributed by atoms with Gasteiger partial charge in [0, 0.05) is 43.3 Å². The molecule has 1 aromatic heterocycles. The normalized spacial score (nSPS) is 18.3. The molecule has 1 aliphatic heterocycles. The zero-order chi connectivity index (χ0) is 19.1. The number of aromatic amines is 1. The second-order valence-electron chi connectivity index (χ2n) is 7.36. The topological polar surface area (TPSA) is 55.4 Å². The summed E-state index contributed by atoms with van der Waals surface area (Å²) in [5.74, 6) is 1.33. The van der Waals surface area contributed by atoms with Crippen molar-refractivity contribution in [3.8, 4) is 0 Å². The fraction of sp³-hybridized carbons (Fsp3) is 0.571. The number of halogens is 1. The summed E-state index contributed by atoms with van der Waals surface area (Å²) in [7, 11) is 0. The van der Waals surface area contributed by atoms with Crippen molar-refractivity contribution >= 4 is 16.9 Å². The van der Waals surface area contributed by atoms with Gasteiger partial charge < -0.3 is 20.5 Å². The van der Waals surface area contributed by atoms with E-state index in [4.69, 9.17) is 4.99 Å². The van der Waals surface area contributed by atoms with Crippen molar-refractivity contribution in [1.82, 2.24) is 20.5 Å². The molecule has 3 N–H and O–H groups in total. The molecule has 1 aromatic carbocycles. The molecule has 2 heterocycles. The van der Waals surface area contributed by atoms with E-state index in [0.717, 1.165) is 55.0 Å². The lowest BCUT2D eigenvalue weighted by molar-refractivity contribution is 0.326. The van der Waals surface area contributed by atoms with Crippen LogP contribution >= 0.6 is 0 Å². The number of nitrogens with zero attached hydrogens (tertiary/aromatic N) is 2. The predicted molar refractivity (Wildman–Crippen MR) is 111 cm³/mol. The van der Waals surface area contributed by atoms with Gasteiger partial charge in [-0.1, -0.05) is 6.92 Å². The van der Waals surface area contributed by atoms with Gasteiger partial charge >= 0.3 is 0 Å². The van der Waals surface area contributed by atoms with E-state index in [0.29, 0.717) is 5.92 Å². The minimum atomic E-state index is -0.195. The third kappa shape index (κ3) is 5.45. The summed E-state index contributed by atoms with van der Waals surface area (Å²) in [4.78, 5) is 10.5. The van der Waals surface area contributed by atoms with Crippen molar-refractivity contribution in [3.05, 3.63) is 35.8 Å². The van der Waals surface area contributed by atoms with Crippen molar-refractivity contribution in [2.24, 2.45) is 10.9 Å². The molecule has 27 heavy (non-hydrogen) atoms. The molecule has 0 spiro atoms. The molecule has 0 amide bonds. The number of hydrogen-bond acceptors (Lipinski definition) is 2. The predicted octanol–water partition coefficient (Wildman–Crippen LogP) is 3.14. The summed E-state index contributed by atoms with van der Waals surface area (Å²) < 4.78 is 13.5. The smallest absolute Gasteiger partial charge is 0.191 e. The minimum absolute atomic E-state index is 0.195. The quantitative estimate of drug-likeness (QED) is 0.492. The van der Waals surface area contributed by atoms with Gasteiger partial charge in [0.15, 0.2) is 5.96 Å². The van der Waals surface area contributed by atoms with Crippen LogP contribution in [0.1, 0.15) is 32.3 Å². The Morgan fingerprint density at radius 2 is 2.22 bits per heavy atom. The second kappa shape index (κ2) is 9.74. The number of likely N-dealkylation sites (tertiary alicyclic amines) is 1.